The first kappa shape index (κ1) is 19.5. The van der Waals surface area contributed by atoms with Crippen LogP contribution in [0, 0.1) is 23.5 Å². The molecule has 1 aromatic heterocycles. The van der Waals surface area contributed by atoms with Crippen molar-refractivity contribution < 1.29 is 49.7 Å². The Morgan fingerprint density at radius 3 is 1.78 bits per heavy atom. The van der Waals surface area contributed by atoms with Crippen molar-refractivity contribution in [2.24, 2.45) is 5.92 Å². The van der Waals surface area contributed by atoms with E-state index in [2.05, 4.69) is 0 Å². The molecule has 0 aliphatic rings. The highest BCUT2D eigenvalue weighted by Gasteiger charge is 2.47. The molecule has 3 atom stereocenters. The molecule has 0 fully saturated rings. The number of aromatic nitrogens is 1. The number of nitrogens with zero attached hydrogens (tertiary/aromatic N) is 1. The maximum Gasteiger partial charge on any atom is 0.436 e. The lowest BCUT2D eigenvalue weighted by Gasteiger charge is -2.26. The Morgan fingerprint density at radius 1 is 0.913 bits per heavy atom. The fraction of sp³-hybridized carbons (Fsp3) is 0.545. The van der Waals surface area contributed by atoms with Gasteiger partial charge in [-0.25, -0.2) is 13.8 Å². The summed E-state index contributed by atoms with van der Waals surface area (Å²) in [6.45, 7) is 0.466. The average molecular weight is 357 g/mol. The molecule has 3 unspecified atom stereocenters. The van der Waals surface area contributed by atoms with Gasteiger partial charge >= 0.3 is 12.4 Å². The Bertz CT molecular complexity index is 584. The van der Waals surface area contributed by atoms with Gasteiger partial charge in [0.05, 0.1) is 11.7 Å². The second kappa shape index (κ2) is 6.15. The van der Waals surface area contributed by atoms with Crippen LogP contribution in [0.1, 0.15) is 24.3 Å². The van der Waals surface area contributed by atoms with E-state index in [4.69, 9.17) is 5.11 Å². The normalized spacial score (nSPS) is 17.0. The van der Waals surface area contributed by atoms with Crippen LogP contribution in [0.25, 0.3) is 0 Å². The maximum atomic E-state index is 13.7. The van der Waals surface area contributed by atoms with Crippen molar-refractivity contribution in [1.82, 2.24) is 4.98 Å². The summed E-state index contributed by atoms with van der Waals surface area (Å²) in [5, 5.41) is 18.4. The molecule has 0 spiro atoms. The van der Waals surface area contributed by atoms with Crippen LogP contribution in [0.5, 0.6) is 0 Å². The predicted octanol–water partition coefficient (Wildman–Crippen LogP) is 3.11. The number of rotatable bonds is 3. The molecule has 0 bridgehead atoms. The average Bonchev–Trinajstić information content (AvgIpc) is 2.38. The number of hydrogen-bond donors (Lipinski definition) is 2. The molecule has 0 aliphatic heterocycles. The van der Waals surface area contributed by atoms with E-state index in [0.717, 1.165) is 0 Å². The molecule has 23 heavy (non-hydrogen) atoms. The molecular formula is C11H8F9NO2. The van der Waals surface area contributed by atoms with Crippen molar-refractivity contribution in [2.75, 3.05) is 0 Å². The van der Waals surface area contributed by atoms with Gasteiger partial charge < -0.3 is 10.2 Å². The van der Waals surface area contributed by atoms with Gasteiger partial charge in [0.25, 0.3) is 0 Å². The first-order valence-electron chi connectivity index (χ1n) is 5.74. The van der Waals surface area contributed by atoms with Crippen LogP contribution in [-0.4, -0.2) is 27.5 Å². The van der Waals surface area contributed by atoms with Gasteiger partial charge in [0.15, 0.2) is 23.4 Å². The van der Waals surface area contributed by atoms with Crippen molar-refractivity contribution in [2.45, 2.75) is 31.5 Å². The molecular weight excluding hydrogens is 349 g/mol. The highest BCUT2D eigenvalue weighted by atomic mass is 19.4. The van der Waals surface area contributed by atoms with E-state index in [1.807, 2.05) is 4.98 Å². The standard InChI is InChI=1S/C11H8F9NO2/c1-2(8(23)11(18,19)20)6(22)3-4(12)7(10(15,16)17)21-9(14)5(3)13/h2,6,8,22-23H,1H3. The number of pyridine rings is 1. The highest BCUT2D eigenvalue weighted by molar-refractivity contribution is 5.26. The van der Waals surface area contributed by atoms with Crippen LogP contribution in [0.2, 0.25) is 0 Å². The summed E-state index contributed by atoms with van der Waals surface area (Å²) < 4.78 is 114. The molecule has 0 amide bonds. The number of halogens is 9. The van der Waals surface area contributed by atoms with E-state index in [9.17, 15) is 44.6 Å². The highest BCUT2D eigenvalue weighted by Crippen LogP contribution is 2.38. The summed E-state index contributed by atoms with van der Waals surface area (Å²) in [5.74, 6) is -9.79. The molecule has 1 rings (SSSR count). The van der Waals surface area contributed by atoms with Crippen molar-refractivity contribution in [3.8, 4) is 0 Å². The molecule has 132 valence electrons. The first-order valence-corrected chi connectivity index (χ1v) is 5.74. The molecule has 0 saturated carbocycles. The maximum absolute atomic E-state index is 13.7. The van der Waals surface area contributed by atoms with Gasteiger partial charge in [-0.1, -0.05) is 6.92 Å². The fourth-order valence-corrected chi connectivity index (χ4v) is 1.71. The van der Waals surface area contributed by atoms with Crippen LogP contribution in [-0.2, 0) is 6.18 Å². The van der Waals surface area contributed by atoms with Gasteiger partial charge in [0.1, 0.15) is 0 Å². The van der Waals surface area contributed by atoms with Gasteiger partial charge in [0, 0.05) is 5.92 Å². The van der Waals surface area contributed by atoms with Crippen molar-refractivity contribution in [3.05, 3.63) is 28.8 Å². The van der Waals surface area contributed by atoms with Gasteiger partial charge in [-0.05, 0) is 0 Å². The molecule has 0 aromatic carbocycles. The Kier molecular flexibility index (Phi) is 5.21. The zero-order valence-corrected chi connectivity index (χ0v) is 11.0. The molecule has 0 aliphatic carbocycles. The fourth-order valence-electron chi connectivity index (χ4n) is 1.71. The Morgan fingerprint density at radius 2 is 1.39 bits per heavy atom. The van der Waals surface area contributed by atoms with Crippen LogP contribution >= 0.6 is 0 Å². The van der Waals surface area contributed by atoms with Gasteiger partial charge in [-0.2, -0.15) is 30.7 Å². The largest absolute Gasteiger partial charge is 0.436 e. The van der Waals surface area contributed by atoms with E-state index in [-0.39, 0.29) is 0 Å². The zero-order chi connectivity index (χ0) is 18.3. The minimum absolute atomic E-state index is 0.466. The smallest absolute Gasteiger partial charge is 0.388 e. The summed E-state index contributed by atoms with van der Waals surface area (Å²) in [5.41, 5.74) is -4.54. The Balaban J connectivity index is 3.45. The SMILES string of the molecule is CC(C(O)c1c(F)c(F)nc(C(F)(F)F)c1F)C(O)C(F)(F)F. The van der Waals surface area contributed by atoms with Crippen molar-refractivity contribution in [1.29, 1.82) is 0 Å². The summed E-state index contributed by atoms with van der Waals surface area (Å²) >= 11 is 0. The first-order chi connectivity index (χ1) is 10.2. The van der Waals surface area contributed by atoms with Crippen LogP contribution < -0.4 is 0 Å². The van der Waals surface area contributed by atoms with Crippen LogP contribution in [0.15, 0.2) is 0 Å². The molecule has 1 heterocycles. The van der Waals surface area contributed by atoms with Gasteiger partial charge in [-0.3, -0.25) is 0 Å². The minimum Gasteiger partial charge on any atom is -0.388 e. The van der Waals surface area contributed by atoms with Gasteiger partial charge in [-0.15, -0.1) is 0 Å². The van der Waals surface area contributed by atoms with Crippen LogP contribution in [0.3, 0.4) is 0 Å². The molecule has 12 heteroatoms. The summed E-state index contributed by atoms with van der Waals surface area (Å²) in [6, 6.07) is 0. The molecule has 0 saturated heterocycles. The Labute approximate surface area is 122 Å². The van der Waals surface area contributed by atoms with E-state index < -0.39 is 59.3 Å². The molecule has 1 aromatic rings. The Hall–Kier alpha value is -1.56. The lowest BCUT2D eigenvalue weighted by molar-refractivity contribution is -0.227. The van der Waals surface area contributed by atoms with Crippen molar-refractivity contribution >= 4 is 0 Å². The second-order valence-corrected chi connectivity index (χ2v) is 4.58. The quantitative estimate of drug-likeness (QED) is 0.646. The lowest BCUT2D eigenvalue weighted by Crippen LogP contribution is -2.38. The third-order valence-electron chi connectivity index (χ3n) is 2.97. The van der Waals surface area contributed by atoms with E-state index in [1.54, 1.807) is 0 Å². The lowest BCUT2D eigenvalue weighted by atomic mass is 9.91. The second-order valence-electron chi connectivity index (χ2n) is 4.58. The number of aliphatic hydroxyl groups excluding tert-OH is 2. The minimum atomic E-state index is -5.58. The van der Waals surface area contributed by atoms with E-state index >= 15 is 0 Å². The molecule has 2 N–H and O–H groups in total. The molecule has 3 nitrogen and oxygen atoms in total. The molecule has 0 radical (unpaired) electrons. The number of alkyl halides is 6. The number of hydrogen-bond acceptors (Lipinski definition) is 3. The summed E-state index contributed by atoms with van der Waals surface area (Å²) in [4.78, 5) is 2.00. The topological polar surface area (TPSA) is 53.4 Å². The van der Waals surface area contributed by atoms with Crippen LogP contribution in [0.4, 0.5) is 39.5 Å². The van der Waals surface area contributed by atoms with E-state index in [1.165, 1.54) is 0 Å². The zero-order valence-electron chi connectivity index (χ0n) is 11.0. The third-order valence-corrected chi connectivity index (χ3v) is 2.97. The summed E-state index contributed by atoms with van der Waals surface area (Å²) in [7, 11) is 0. The van der Waals surface area contributed by atoms with E-state index in [0.29, 0.717) is 6.92 Å². The third kappa shape index (κ3) is 3.86. The van der Waals surface area contributed by atoms with Gasteiger partial charge in [0.2, 0.25) is 5.95 Å². The number of aliphatic hydroxyl groups is 2. The predicted molar refractivity (Wildman–Crippen MR) is 55.3 cm³/mol. The monoisotopic (exact) mass is 357 g/mol. The summed E-state index contributed by atoms with van der Waals surface area (Å²) in [6.07, 6.45) is -17.1. The van der Waals surface area contributed by atoms with Crippen molar-refractivity contribution in [3.63, 3.8) is 0 Å².